The van der Waals surface area contributed by atoms with Gasteiger partial charge in [-0.15, -0.1) is 0 Å². The molecule has 3 nitrogen and oxygen atoms in total. The second-order valence-electron chi connectivity index (χ2n) is 5.61. The smallest absolute Gasteiger partial charge is 0.225 e. The number of rotatable bonds is 9. The summed E-state index contributed by atoms with van der Waals surface area (Å²) in [6.07, 6.45) is 4.83. The zero-order valence-electron chi connectivity index (χ0n) is 14.0. The van der Waals surface area contributed by atoms with E-state index in [2.05, 4.69) is 56.2 Å². The molecule has 1 aromatic carbocycles. The van der Waals surface area contributed by atoms with Crippen molar-refractivity contribution >= 4 is 11.6 Å². The molecule has 0 heterocycles. The fourth-order valence-electron chi connectivity index (χ4n) is 2.44. The van der Waals surface area contributed by atoms with Crippen molar-refractivity contribution < 1.29 is 4.79 Å². The predicted molar refractivity (Wildman–Crippen MR) is 90.8 cm³/mol. The van der Waals surface area contributed by atoms with Crippen LogP contribution < -0.4 is 5.32 Å². The Labute approximate surface area is 129 Å². The molecule has 0 saturated heterocycles. The van der Waals surface area contributed by atoms with Crippen LogP contribution in [-0.4, -0.2) is 30.9 Å². The van der Waals surface area contributed by atoms with Gasteiger partial charge in [0.2, 0.25) is 5.91 Å². The maximum atomic E-state index is 12.2. The van der Waals surface area contributed by atoms with Crippen molar-refractivity contribution in [2.45, 2.75) is 52.9 Å². The normalized spacial score (nSPS) is 10.9. The quantitative estimate of drug-likeness (QED) is 0.748. The summed E-state index contributed by atoms with van der Waals surface area (Å²) >= 11 is 0. The molecule has 0 aliphatic heterocycles. The van der Waals surface area contributed by atoms with Crippen molar-refractivity contribution in [1.29, 1.82) is 0 Å². The second-order valence-corrected chi connectivity index (χ2v) is 5.61. The van der Waals surface area contributed by atoms with Gasteiger partial charge in [-0.25, -0.2) is 0 Å². The lowest BCUT2D eigenvalue weighted by atomic mass is 10.0. The van der Waals surface area contributed by atoms with E-state index >= 15 is 0 Å². The number of para-hydroxylation sites is 1. The molecule has 3 heteroatoms. The summed E-state index contributed by atoms with van der Waals surface area (Å²) in [6, 6.07) is 6.27. The van der Waals surface area contributed by atoms with E-state index in [0.29, 0.717) is 6.42 Å². The number of nitrogens with zero attached hydrogens (tertiary/aromatic N) is 1. The Balaban J connectivity index is 2.58. The maximum Gasteiger partial charge on any atom is 0.225 e. The average molecular weight is 290 g/mol. The summed E-state index contributed by atoms with van der Waals surface area (Å²) in [4.78, 5) is 14.4. The van der Waals surface area contributed by atoms with E-state index in [0.717, 1.165) is 31.6 Å². The summed E-state index contributed by atoms with van der Waals surface area (Å²) < 4.78 is 0. The van der Waals surface area contributed by atoms with Gasteiger partial charge in [0.1, 0.15) is 0 Å². The van der Waals surface area contributed by atoms with Crippen LogP contribution in [0.2, 0.25) is 0 Å². The van der Waals surface area contributed by atoms with Crippen LogP contribution in [0.4, 0.5) is 5.69 Å². The van der Waals surface area contributed by atoms with Crippen molar-refractivity contribution in [3.8, 4) is 0 Å². The Bertz CT molecular complexity index is 421. The summed E-state index contributed by atoms with van der Waals surface area (Å²) in [5, 5.41) is 3.13. The topological polar surface area (TPSA) is 32.3 Å². The molecule has 0 radical (unpaired) electrons. The molecule has 0 unspecified atom stereocenters. The summed E-state index contributed by atoms with van der Waals surface area (Å²) in [5.41, 5.74) is 3.48. The van der Waals surface area contributed by atoms with Crippen LogP contribution in [0.15, 0.2) is 18.2 Å². The van der Waals surface area contributed by atoms with Crippen molar-refractivity contribution in [3.63, 3.8) is 0 Å². The SMILES string of the molecule is CCCCN(C)CCC(=O)Nc1c(CC)cccc1CC. The minimum atomic E-state index is 0.119. The number of hydrogen-bond acceptors (Lipinski definition) is 2. The number of hydrogen-bond donors (Lipinski definition) is 1. The van der Waals surface area contributed by atoms with Gasteiger partial charge in [-0.3, -0.25) is 4.79 Å². The maximum absolute atomic E-state index is 12.2. The molecule has 1 rings (SSSR count). The van der Waals surface area contributed by atoms with Gasteiger partial charge in [-0.05, 0) is 44.0 Å². The van der Waals surface area contributed by atoms with Gasteiger partial charge in [0.25, 0.3) is 0 Å². The predicted octanol–water partition coefficient (Wildman–Crippen LogP) is 3.87. The Morgan fingerprint density at radius 3 is 2.24 bits per heavy atom. The first-order valence-corrected chi connectivity index (χ1v) is 8.21. The lowest BCUT2D eigenvalue weighted by Gasteiger charge is -2.17. The largest absolute Gasteiger partial charge is 0.326 e. The van der Waals surface area contributed by atoms with Crippen molar-refractivity contribution in [1.82, 2.24) is 4.90 Å². The highest BCUT2D eigenvalue weighted by molar-refractivity contribution is 5.92. The summed E-state index contributed by atoms with van der Waals surface area (Å²) in [7, 11) is 2.08. The number of benzene rings is 1. The van der Waals surface area contributed by atoms with E-state index in [1.54, 1.807) is 0 Å². The Kier molecular flexibility index (Phi) is 8.06. The van der Waals surface area contributed by atoms with Crippen LogP contribution in [0.25, 0.3) is 0 Å². The van der Waals surface area contributed by atoms with E-state index < -0.39 is 0 Å². The molecule has 0 aliphatic carbocycles. The highest BCUT2D eigenvalue weighted by Crippen LogP contribution is 2.22. The van der Waals surface area contributed by atoms with Crippen LogP contribution in [0.3, 0.4) is 0 Å². The van der Waals surface area contributed by atoms with Crippen LogP contribution >= 0.6 is 0 Å². The van der Waals surface area contributed by atoms with Crippen LogP contribution in [0.5, 0.6) is 0 Å². The number of carbonyl (C=O) groups excluding carboxylic acids is 1. The van der Waals surface area contributed by atoms with Gasteiger partial charge in [0, 0.05) is 18.7 Å². The highest BCUT2D eigenvalue weighted by Gasteiger charge is 2.10. The first-order chi connectivity index (χ1) is 10.1. The van der Waals surface area contributed by atoms with Crippen LogP contribution in [-0.2, 0) is 17.6 Å². The summed E-state index contributed by atoms with van der Waals surface area (Å²) in [6.45, 7) is 8.33. The lowest BCUT2D eigenvalue weighted by Crippen LogP contribution is -2.25. The van der Waals surface area contributed by atoms with E-state index in [1.165, 1.54) is 24.0 Å². The number of anilines is 1. The molecule has 0 aliphatic rings. The minimum absolute atomic E-state index is 0.119. The zero-order chi connectivity index (χ0) is 15.7. The van der Waals surface area contributed by atoms with Crippen molar-refractivity contribution in [2.75, 3.05) is 25.5 Å². The number of amides is 1. The van der Waals surface area contributed by atoms with E-state index in [1.807, 2.05) is 0 Å². The molecule has 118 valence electrons. The van der Waals surface area contributed by atoms with Gasteiger partial charge in [0.15, 0.2) is 0 Å². The van der Waals surface area contributed by atoms with Gasteiger partial charge >= 0.3 is 0 Å². The van der Waals surface area contributed by atoms with Gasteiger partial charge in [0.05, 0.1) is 0 Å². The number of carbonyl (C=O) groups is 1. The van der Waals surface area contributed by atoms with E-state index in [-0.39, 0.29) is 5.91 Å². The summed E-state index contributed by atoms with van der Waals surface area (Å²) in [5.74, 6) is 0.119. The fourth-order valence-corrected chi connectivity index (χ4v) is 2.44. The molecule has 21 heavy (non-hydrogen) atoms. The molecule has 1 aromatic rings. The monoisotopic (exact) mass is 290 g/mol. The molecular weight excluding hydrogens is 260 g/mol. The first kappa shape index (κ1) is 17.7. The molecule has 0 atom stereocenters. The third kappa shape index (κ3) is 5.88. The molecule has 1 N–H and O–H groups in total. The highest BCUT2D eigenvalue weighted by atomic mass is 16.1. The second kappa shape index (κ2) is 9.56. The first-order valence-electron chi connectivity index (χ1n) is 8.21. The molecule has 1 amide bonds. The fraction of sp³-hybridized carbons (Fsp3) is 0.611. The van der Waals surface area contributed by atoms with Crippen molar-refractivity contribution in [3.05, 3.63) is 29.3 Å². The average Bonchev–Trinajstić information content (AvgIpc) is 2.51. The van der Waals surface area contributed by atoms with Gasteiger partial charge in [-0.2, -0.15) is 0 Å². The molecular formula is C18H30N2O. The van der Waals surface area contributed by atoms with Crippen LogP contribution in [0, 0.1) is 0 Å². The zero-order valence-corrected chi connectivity index (χ0v) is 14.0. The minimum Gasteiger partial charge on any atom is -0.326 e. The Hall–Kier alpha value is -1.35. The molecule has 0 spiro atoms. The molecule has 0 saturated carbocycles. The third-order valence-corrected chi connectivity index (χ3v) is 3.88. The van der Waals surface area contributed by atoms with Gasteiger partial charge in [-0.1, -0.05) is 45.4 Å². The van der Waals surface area contributed by atoms with E-state index in [9.17, 15) is 4.79 Å². The number of nitrogens with one attached hydrogen (secondary N) is 1. The van der Waals surface area contributed by atoms with Crippen molar-refractivity contribution in [2.24, 2.45) is 0 Å². The molecule has 0 bridgehead atoms. The van der Waals surface area contributed by atoms with Crippen LogP contribution in [0.1, 0.15) is 51.2 Å². The molecule has 0 fully saturated rings. The standard InChI is InChI=1S/C18H30N2O/c1-5-8-13-20(4)14-12-17(21)19-18-15(6-2)10-9-11-16(18)7-3/h9-11H,5-8,12-14H2,1-4H3,(H,19,21). The Morgan fingerprint density at radius 2 is 1.71 bits per heavy atom. The van der Waals surface area contributed by atoms with Gasteiger partial charge < -0.3 is 10.2 Å². The molecule has 0 aromatic heterocycles. The lowest BCUT2D eigenvalue weighted by molar-refractivity contribution is -0.116. The third-order valence-electron chi connectivity index (χ3n) is 3.88. The number of aryl methyl sites for hydroxylation is 2. The Morgan fingerprint density at radius 1 is 1.10 bits per heavy atom. The number of unbranched alkanes of at least 4 members (excludes halogenated alkanes) is 1. The van der Waals surface area contributed by atoms with E-state index in [4.69, 9.17) is 0 Å².